The first-order valence-electron chi connectivity index (χ1n) is 15.1. The minimum absolute atomic E-state index is 0.807. The van der Waals surface area contributed by atoms with Gasteiger partial charge in [-0.2, -0.15) is 0 Å². The number of fused-ring (bicyclic) bond motifs is 5. The third-order valence-corrected chi connectivity index (χ3v) is 8.60. The number of aromatic nitrogens is 5. The molecule has 212 valence electrons. The van der Waals surface area contributed by atoms with Gasteiger partial charge < -0.3 is 8.97 Å². The highest BCUT2D eigenvalue weighted by Crippen LogP contribution is 2.42. The number of hydrogen-bond donors (Lipinski definition) is 0. The van der Waals surface area contributed by atoms with E-state index in [0.29, 0.717) is 0 Å². The van der Waals surface area contributed by atoms with Gasteiger partial charge in [0.1, 0.15) is 0 Å². The normalized spacial score (nSPS) is 11.6. The average Bonchev–Trinajstić information content (AvgIpc) is 3.80. The van der Waals surface area contributed by atoms with E-state index in [1.165, 1.54) is 38.6 Å². The van der Waals surface area contributed by atoms with E-state index in [9.17, 15) is 0 Å². The van der Waals surface area contributed by atoms with E-state index in [-0.39, 0.29) is 0 Å². The molecule has 0 aliphatic rings. The summed E-state index contributed by atoms with van der Waals surface area (Å²) in [4.78, 5) is 0. The van der Waals surface area contributed by atoms with Crippen LogP contribution in [0.3, 0.4) is 0 Å². The lowest BCUT2D eigenvalue weighted by molar-refractivity contribution is 1.07. The summed E-state index contributed by atoms with van der Waals surface area (Å²) in [6.07, 6.45) is 2.17. The Labute approximate surface area is 259 Å². The minimum atomic E-state index is 0.807. The Kier molecular flexibility index (Phi) is 5.74. The first-order chi connectivity index (χ1) is 22.4. The van der Waals surface area contributed by atoms with Gasteiger partial charge in [0.05, 0.1) is 22.1 Å². The molecule has 4 heterocycles. The van der Waals surface area contributed by atoms with E-state index in [0.717, 1.165) is 34.2 Å². The van der Waals surface area contributed by atoms with Crippen LogP contribution >= 0.6 is 0 Å². The van der Waals surface area contributed by atoms with E-state index in [4.69, 9.17) is 0 Å². The summed E-state index contributed by atoms with van der Waals surface area (Å²) in [7, 11) is 0. The van der Waals surface area contributed by atoms with Crippen molar-refractivity contribution in [2.45, 2.75) is 0 Å². The van der Waals surface area contributed by atoms with Crippen LogP contribution in [0.5, 0.6) is 0 Å². The zero-order chi connectivity index (χ0) is 29.7. The second kappa shape index (κ2) is 10.2. The van der Waals surface area contributed by atoms with Crippen LogP contribution in [0.1, 0.15) is 0 Å². The van der Waals surface area contributed by atoms with Crippen LogP contribution in [0.4, 0.5) is 0 Å². The molecule has 0 amide bonds. The van der Waals surface area contributed by atoms with Crippen molar-refractivity contribution in [3.05, 3.63) is 164 Å². The summed E-state index contributed by atoms with van der Waals surface area (Å²) in [5.74, 6) is 1.61. The number of benzene rings is 5. The predicted octanol–water partition coefficient (Wildman–Crippen LogP) is 9.62. The molecule has 0 atom stereocenters. The van der Waals surface area contributed by atoms with Crippen LogP contribution in [-0.4, -0.2) is 23.7 Å². The second-order valence-electron chi connectivity index (χ2n) is 11.2. The standard InChI is InChI=1S/C40H27N5/c1-4-14-28(15-5-1)36-35-22-12-13-27-43(35)37-33-20-10-11-21-34(33)44(38(36)37)31-23-25-32(26-24-31)45-39(29-16-6-2-7-17-29)41-42-40(45)30-18-8-3-9-19-30/h1-27H. The highest BCUT2D eigenvalue weighted by atomic mass is 15.3. The molecule has 0 saturated carbocycles. The monoisotopic (exact) mass is 577 g/mol. The van der Waals surface area contributed by atoms with E-state index in [2.05, 4.69) is 151 Å². The fourth-order valence-electron chi connectivity index (χ4n) is 6.65. The van der Waals surface area contributed by atoms with Gasteiger partial charge in [0.2, 0.25) is 0 Å². The zero-order valence-electron chi connectivity index (χ0n) is 24.3. The Balaban J connectivity index is 1.29. The quantitative estimate of drug-likeness (QED) is 0.204. The summed E-state index contributed by atoms with van der Waals surface area (Å²) >= 11 is 0. The molecule has 0 radical (unpaired) electrons. The van der Waals surface area contributed by atoms with Crippen LogP contribution in [0.25, 0.3) is 72.7 Å². The maximum absolute atomic E-state index is 4.67. The van der Waals surface area contributed by atoms with Crippen molar-refractivity contribution >= 4 is 27.5 Å². The summed E-state index contributed by atoms with van der Waals surface area (Å²) in [6, 6.07) is 55.1. The van der Waals surface area contributed by atoms with Crippen molar-refractivity contribution in [2.75, 3.05) is 0 Å². The average molecular weight is 578 g/mol. The fraction of sp³-hybridized carbons (Fsp3) is 0. The highest BCUT2D eigenvalue weighted by molar-refractivity contribution is 6.17. The van der Waals surface area contributed by atoms with E-state index in [1.54, 1.807) is 0 Å². The Morgan fingerprint density at radius 2 is 0.867 bits per heavy atom. The summed E-state index contributed by atoms with van der Waals surface area (Å²) in [5, 5.41) is 10.6. The van der Waals surface area contributed by atoms with Gasteiger partial charge in [-0.05, 0) is 48.0 Å². The SMILES string of the molecule is c1ccc(-c2c3c(c4ccccc4n3-c3ccc(-n4c(-c5ccccc5)nnc4-c4ccccc4)cc3)n3ccccc23)cc1. The minimum Gasteiger partial charge on any atom is -0.314 e. The van der Waals surface area contributed by atoms with Gasteiger partial charge in [0, 0.05) is 39.6 Å². The summed E-state index contributed by atoms with van der Waals surface area (Å²) < 4.78 is 6.90. The second-order valence-corrected chi connectivity index (χ2v) is 11.2. The third kappa shape index (κ3) is 3.95. The van der Waals surface area contributed by atoms with Gasteiger partial charge in [0.15, 0.2) is 11.6 Å². The summed E-state index contributed by atoms with van der Waals surface area (Å²) in [5.41, 5.74) is 11.3. The van der Waals surface area contributed by atoms with Crippen molar-refractivity contribution < 1.29 is 0 Å². The molecule has 0 saturated heterocycles. The first kappa shape index (κ1) is 25.3. The van der Waals surface area contributed by atoms with E-state index in [1.807, 2.05) is 36.4 Å². The van der Waals surface area contributed by atoms with Gasteiger partial charge >= 0.3 is 0 Å². The van der Waals surface area contributed by atoms with Gasteiger partial charge in [-0.25, -0.2) is 0 Å². The molecule has 5 heteroatoms. The number of rotatable bonds is 5. The molecule has 9 rings (SSSR count). The lowest BCUT2D eigenvalue weighted by atomic mass is 10.1. The molecule has 0 spiro atoms. The van der Waals surface area contributed by atoms with Crippen LogP contribution in [0, 0.1) is 0 Å². The Morgan fingerprint density at radius 3 is 1.49 bits per heavy atom. The van der Waals surface area contributed by atoms with Gasteiger partial charge in [-0.3, -0.25) is 4.57 Å². The smallest absolute Gasteiger partial charge is 0.168 e. The maximum Gasteiger partial charge on any atom is 0.168 e. The Bertz CT molecular complexity index is 2390. The van der Waals surface area contributed by atoms with Crippen molar-refractivity contribution in [3.8, 4) is 45.3 Å². The highest BCUT2D eigenvalue weighted by Gasteiger charge is 2.23. The summed E-state index contributed by atoms with van der Waals surface area (Å²) in [6.45, 7) is 0. The van der Waals surface area contributed by atoms with Crippen LogP contribution < -0.4 is 0 Å². The number of nitrogens with zero attached hydrogens (tertiary/aromatic N) is 5. The number of hydrogen-bond acceptors (Lipinski definition) is 2. The Hall–Kier alpha value is -6.20. The molecule has 4 aromatic heterocycles. The van der Waals surface area contributed by atoms with Crippen molar-refractivity contribution in [1.29, 1.82) is 0 Å². The van der Waals surface area contributed by atoms with Gasteiger partial charge in [-0.1, -0.05) is 115 Å². The maximum atomic E-state index is 4.67. The first-order valence-corrected chi connectivity index (χ1v) is 15.1. The van der Waals surface area contributed by atoms with Crippen LogP contribution in [-0.2, 0) is 0 Å². The molecule has 0 bridgehead atoms. The molecule has 9 aromatic rings. The molecule has 45 heavy (non-hydrogen) atoms. The van der Waals surface area contributed by atoms with Crippen molar-refractivity contribution in [3.63, 3.8) is 0 Å². The third-order valence-electron chi connectivity index (χ3n) is 8.60. The molecule has 0 fully saturated rings. The molecule has 5 nitrogen and oxygen atoms in total. The lowest BCUT2D eigenvalue weighted by Crippen LogP contribution is -2.01. The van der Waals surface area contributed by atoms with Crippen molar-refractivity contribution in [1.82, 2.24) is 23.7 Å². The number of pyridine rings is 1. The number of para-hydroxylation sites is 1. The molecule has 5 aromatic carbocycles. The molecule has 0 aliphatic heterocycles. The lowest BCUT2D eigenvalue weighted by Gasteiger charge is -2.14. The van der Waals surface area contributed by atoms with Crippen LogP contribution in [0.2, 0.25) is 0 Å². The Morgan fingerprint density at radius 1 is 0.378 bits per heavy atom. The topological polar surface area (TPSA) is 40.0 Å². The van der Waals surface area contributed by atoms with E-state index >= 15 is 0 Å². The molecule has 0 unspecified atom stereocenters. The van der Waals surface area contributed by atoms with Gasteiger partial charge in [0.25, 0.3) is 0 Å². The van der Waals surface area contributed by atoms with Gasteiger partial charge in [-0.15, -0.1) is 10.2 Å². The molecule has 0 N–H and O–H groups in total. The molecular weight excluding hydrogens is 550 g/mol. The predicted molar refractivity (Wildman–Crippen MR) is 183 cm³/mol. The largest absolute Gasteiger partial charge is 0.314 e. The zero-order valence-corrected chi connectivity index (χ0v) is 24.3. The molecule has 0 aliphatic carbocycles. The van der Waals surface area contributed by atoms with E-state index < -0.39 is 0 Å². The van der Waals surface area contributed by atoms with Crippen LogP contribution in [0.15, 0.2) is 164 Å². The fourth-order valence-corrected chi connectivity index (χ4v) is 6.65. The van der Waals surface area contributed by atoms with Crippen molar-refractivity contribution in [2.24, 2.45) is 0 Å². The molecular formula is C40H27N5.